The maximum atomic E-state index is 8.06. The van der Waals surface area contributed by atoms with Crippen LogP contribution in [-0.2, 0) is 23.9 Å². The summed E-state index contributed by atoms with van der Waals surface area (Å²) in [6.07, 6.45) is 0. The molecule has 0 fully saturated rings. The first-order chi connectivity index (χ1) is 1.00. The molecule has 0 unspecified atom stereocenters. The molecule has 1 nitrogen and oxygen atoms in total. The molecular weight excluding hydrogens is 120 g/mol. The molecule has 15 valence electrons. The molecule has 0 aromatic heterocycles. The summed E-state index contributed by atoms with van der Waals surface area (Å²) in [5.74, 6) is 0. The van der Waals surface area contributed by atoms with Crippen LogP contribution in [0.4, 0.5) is 0 Å². The SMILES string of the molecule is O=[Si].[B].[Zn]. The molecular formula is BOSiZn. The van der Waals surface area contributed by atoms with Gasteiger partial charge in [-0.05, 0) is 0 Å². The van der Waals surface area contributed by atoms with E-state index in [0.717, 1.165) is 0 Å². The van der Waals surface area contributed by atoms with Gasteiger partial charge in [0.15, 0.2) is 0 Å². The fourth-order valence-electron chi connectivity index (χ4n) is 0. The Morgan fingerprint density at radius 1 is 1.25 bits per heavy atom. The second-order valence-corrected chi connectivity index (χ2v) is 0. The third-order valence-corrected chi connectivity index (χ3v) is 0. The van der Waals surface area contributed by atoms with Crippen LogP contribution < -0.4 is 0 Å². The van der Waals surface area contributed by atoms with Gasteiger partial charge in [0, 0.05) is 27.9 Å². The maximum absolute atomic E-state index is 8.06. The Labute approximate surface area is 43.0 Å². The normalized spacial score (nSPS) is 1.00. The third kappa shape index (κ3) is 15.8. The van der Waals surface area contributed by atoms with E-state index in [1.165, 1.54) is 0 Å². The molecule has 0 saturated heterocycles. The van der Waals surface area contributed by atoms with Crippen molar-refractivity contribution in [2.45, 2.75) is 0 Å². The first-order valence-corrected chi connectivity index (χ1v) is 0.612. The minimum Gasteiger partial charge on any atom is -0.381 e. The van der Waals surface area contributed by atoms with Crippen molar-refractivity contribution < 1.29 is 23.9 Å². The minimum absolute atomic E-state index is 0. The summed E-state index contributed by atoms with van der Waals surface area (Å²) in [6.45, 7) is 0. The molecule has 0 spiro atoms. The smallest absolute Gasteiger partial charge is 0.381 e. The van der Waals surface area contributed by atoms with Gasteiger partial charge in [0.2, 0.25) is 0 Å². The first-order valence-electron chi connectivity index (χ1n) is 0.204. The topological polar surface area (TPSA) is 17.1 Å². The molecule has 0 aliphatic heterocycles. The predicted octanol–water partition coefficient (Wildman–Crippen LogP) is -0.883. The zero-order valence-electron chi connectivity index (χ0n) is 2.19. The van der Waals surface area contributed by atoms with Crippen LogP contribution in [0.15, 0.2) is 0 Å². The van der Waals surface area contributed by atoms with E-state index in [1.54, 1.807) is 10.1 Å². The number of hydrogen-bond donors (Lipinski definition) is 0. The first kappa shape index (κ1) is 22.2. The Kier molecular flexibility index (Phi) is 303. The summed E-state index contributed by atoms with van der Waals surface area (Å²) < 4.78 is 8.06. The van der Waals surface area contributed by atoms with Crippen LogP contribution in [0, 0.1) is 0 Å². The quantitative estimate of drug-likeness (QED) is 0.379. The zero-order valence-corrected chi connectivity index (χ0v) is 6.16. The molecule has 0 aromatic carbocycles. The van der Waals surface area contributed by atoms with Crippen LogP contribution in [0.5, 0.6) is 0 Å². The number of rotatable bonds is 0. The molecule has 0 amide bonds. The van der Waals surface area contributed by atoms with E-state index in [-0.39, 0.29) is 27.9 Å². The van der Waals surface area contributed by atoms with E-state index in [1.807, 2.05) is 0 Å². The van der Waals surface area contributed by atoms with Crippen molar-refractivity contribution in [1.29, 1.82) is 0 Å². The van der Waals surface area contributed by atoms with E-state index in [4.69, 9.17) is 4.46 Å². The minimum atomic E-state index is 0. The largest absolute Gasteiger partial charge is 0.381 e. The molecule has 0 aliphatic carbocycles. The van der Waals surface area contributed by atoms with Crippen molar-refractivity contribution in [3.8, 4) is 0 Å². The summed E-state index contributed by atoms with van der Waals surface area (Å²) in [5.41, 5.74) is 0. The molecule has 0 aliphatic rings. The Hall–Kier alpha value is 0.705. The standard InChI is InChI=1S/B.OSi.Zn/c;1-2;. The number of hydrogen-bond acceptors (Lipinski definition) is 1. The van der Waals surface area contributed by atoms with Gasteiger partial charge in [0.1, 0.15) is 0 Å². The zero-order chi connectivity index (χ0) is 2.00. The molecule has 0 saturated carbocycles. The van der Waals surface area contributed by atoms with Crippen molar-refractivity contribution in [3.05, 3.63) is 0 Å². The summed E-state index contributed by atoms with van der Waals surface area (Å²) in [4.78, 5) is 0. The summed E-state index contributed by atoms with van der Waals surface area (Å²) >= 11 is 0. The van der Waals surface area contributed by atoms with Gasteiger partial charge in [-0.3, -0.25) is 0 Å². The average molecular weight is 120 g/mol. The second kappa shape index (κ2) is 54.5. The third-order valence-electron chi connectivity index (χ3n) is 0. The van der Waals surface area contributed by atoms with E-state index < -0.39 is 0 Å². The molecule has 4 heavy (non-hydrogen) atoms. The fraction of sp³-hybridized carbons (Fsp3) is 0. The Morgan fingerprint density at radius 3 is 1.25 bits per heavy atom. The van der Waals surface area contributed by atoms with Gasteiger partial charge in [0.25, 0.3) is 0 Å². The van der Waals surface area contributed by atoms with E-state index in [0.29, 0.717) is 0 Å². The van der Waals surface area contributed by atoms with Gasteiger partial charge in [-0.15, -0.1) is 0 Å². The summed E-state index contributed by atoms with van der Waals surface area (Å²) in [5, 5.41) is 0. The monoisotopic (exact) mass is 119 g/mol. The molecule has 0 heterocycles. The Balaban J connectivity index is -0.00000000500. The van der Waals surface area contributed by atoms with Crippen LogP contribution in [0.25, 0.3) is 0 Å². The van der Waals surface area contributed by atoms with Gasteiger partial charge in [-0.25, -0.2) is 0 Å². The molecule has 5 radical (unpaired) electrons. The van der Waals surface area contributed by atoms with Gasteiger partial charge in [0.05, 0.1) is 0 Å². The molecule has 0 N–H and O–H groups in total. The van der Waals surface area contributed by atoms with E-state index in [2.05, 4.69) is 0 Å². The van der Waals surface area contributed by atoms with Crippen molar-refractivity contribution in [2.24, 2.45) is 0 Å². The van der Waals surface area contributed by atoms with Crippen LogP contribution in [0.3, 0.4) is 0 Å². The fourth-order valence-corrected chi connectivity index (χ4v) is 0. The van der Waals surface area contributed by atoms with Crippen molar-refractivity contribution in [1.82, 2.24) is 0 Å². The van der Waals surface area contributed by atoms with Crippen LogP contribution in [0.1, 0.15) is 0 Å². The van der Waals surface area contributed by atoms with Crippen molar-refractivity contribution in [2.75, 3.05) is 0 Å². The van der Waals surface area contributed by atoms with Crippen LogP contribution >= 0.6 is 0 Å². The Morgan fingerprint density at radius 2 is 1.25 bits per heavy atom. The maximum Gasteiger partial charge on any atom is 0.381 e. The predicted molar refractivity (Wildman–Crippen MR) is 12.2 cm³/mol. The molecule has 0 aromatic rings. The van der Waals surface area contributed by atoms with E-state index >= 15 is 0 Å². The summed E-state index contributed by atoms with van der Waals surface area (Å²) in [6, 6.07) is 0. The van der Waals surface area contributed by atoms with Crippen molar-refractivity contribution in [3.63, 3.8) is 0 Å². The molecule has 0 bridgehead atoms. The molecule has 0 rings (SSSR count). The molecule has 0 atom stereocenters. The van der Waals surface area contributed by atoms with Gasteiger partial charge in [-0.1, -0.05) is 0 Å². The second-order valence-electron chi connectivity index (χ2n) is 0. The van der Waals surface area contributed by atoms with Crippen molar-refractivity contribution >= 4 is 18.5 Å². The van der Waals surface area contributed by atoms with Gasteiger partial charge >= 0.3 is 10.1 Å². The average Bonchev–Trinajstić information content (AvgIpc) is 1.00. The van der Waals surface area contributed by atoms with Crippen LogP contribution in [0.2, 0.25) is 0 Å². The van der Waals surface area contributed by atoms with E-state index in [9.17, 15) is 0 Å². The molecule has 4 heteroatoms. The van der Waals surface area contributed by atoms with Crippen LogP contribution in [-0.4, -0.2) is 18.5 Å². The summed E-state index contributed by atoms with van der Waals surface area (Å²) in [7, 11) is 1.72. The Bertz CT molecular complexity index is 8.00. The van der Waals surface area contributed by atoms with Gasteiger partial charge in [-0.2, -0.15) is 0 Å². The van der Waals surface area contributed by atoms with Gasteiger partial charge < -0.3 is 4.46 Å².